The maximum Gasteiger partial charge on any atom is 0.0992 e. The number of halogens is 1. The van der Waals surface area contributed by atoms with E-state index >= 15 is 0 Å². The van der Waals surface area contributed by atoms with Gasteiger partial charge in [-0.15, -0.1) is 0 Å². The number of rotatable bonds is 2. The fourth-order valence-electron chi connectivity index (χ4n) is 2.64. The van der Waals surface area contributed by atoms with Crippen LogP contribution in [0.5, 0.6) is 0 Å². The smallest absolute Gasteiger partial charge is 0.0992 e. The van der Waals surface area contributed by atoms with E-state index in [-0.39, 0.29) is 0 Å². The van der Waals surface area contributed by atoms with Crippen LogP contribution in [0.15, 0.2) is 18.2 Å². The molecule has 0 saturated carbocycles. The molecule has 0 aliphatic carbocycles. The van der Waals surface area contributed by atoms with Crippen molar-refractivity contribution in [2.45, 2.75) is 26.7 Å². The lowest BCUT2D eigenvalue weighted by Crippen LogP contribution is -2.35. The number of hydrogen-bond acceptors (Lipinski definition) is 2. The standard InChI is InChI=1S/C15H19ClN2/c1-11(2)13-5-7-18(8-6-13)15-4-3-12(10-17)9-14(15)16/h3-4,9,11,13H,5-8H2,1-2H3. The van der Waals surface area contributed by atoms with Crippen LogP contribution in [0.2, 0.25) is 5.02 Å². The zero-order valence-electron chi connectivity index (χ0n) is 11.0. The molecule has 18 heavy (non-hydrogen) atoms. The predicted octanol–water partition coefficient (Wildman–Crippen LogP) is 4.08. The Balaban J connectivity index is 2.08. The number of piperidine rings is 1. The molecule has 0 spiro atoms. The Hall–Kier alpha value is -1.20. The van der Waals surface area contributed by atoms with Crippen molar-refractivity contribution in [3.63, 3.8) is 0 Å². The molecule has 1 aliphatic heterocycles. The largest absolute Gasteiger partial charge is 0.370 e. The fraction of sp³-hybridized carbons (Fsp3) is 0.533. The van der Waals surface area contributed by atoms with Gasteiger partial charge >= 0.3 is 0 Å². The molecular weight excluding hydrogens is 244 g/mol. The number of anilines is 1. The minimum atomic E-state index is 0.626. The fourth-order valence-corrected chi connectivity index (χ4v) is 2.94. The highest BCUT2D eigenvalue weighted by Gasteiger charge is 2.22. The van der Waals surface area contributed by atoms with Crippen molar-refractivity contribution in [1.82, 2.24) is 0 Å². The third-order valence-electron chi connectivity index (χ3n) is 3.90. The molecule has 96 valence electrons. The van der Waals surface area contributed by atoms with Crippen LogP contribution in [0.1, 0.15) is 32.3 Å². The maximum atomic E-state index is 8.84. The summed E-state index contributed by atoms with van der Waals surface area (Å²) < 4.78 is 0. The molecule has 0 atom stereocenters. The van der Waals surface area contributed by atoms with E-state index in [0.717, 1.165) is 30.6 Å². The van der Waals surface area contributed by atoms with Gasteiger partial charge < -0.3 is 4.90 Å². The zero-order chi connectivity index (χ0) is 13.1. The lowest BCUT2D eigenvalue weighted by molar-refractivity contribution is 0.311. The summed E-state index contributed by atoms with van der Waals surface area (Å²) >= 11 is 6.25. The topological polar surface area (TPSA) is 27.0 Å². The molecule has 0 aromatic heterocycles. The van der Waals surface area contributed by atoms with Gasteiger partial charge in [0.1, 0.15) is 0 Å². The first-order chi connectivity index (χ1) is 8.61. The molecule has 1 fully saturated rings. The molecule has 1 saturated heterocycles. The van der Waals surface area contributed by atoms with E-state index in [4.69, 9.17) is 16.9 Å². The Morgan fingerprint density at radius 1 is 1.33 bits per heavy atom. The Morgan fingerprint density at radius 3 is 2.50 bits per heavy atom. The first-order valence-corrected chi connectivity index (χ1v) is 6.94. The Labute approximate surface area is 114 Å². The maximum absolute atomic E-state index is 8.84. The molecule has 2 rings (SSSR count). The summed E-state index contributed by atoms with van der Waals surface area (Å²) in [5, 5.41) is 9.53. The van der Waals surface area contributed by atoms with Crippen molar-refractivity contribution in [3.8, 4) is 6.07 Å². The van der Waals surface area contributed by atoms with E-state index in [1.54, 1.807) is 6.07 Å². The van der Waals surface area contributed by atoms with Crippen LogP contribution in [0, 0.1) is 23.2 Å². The van der Waals surface area contributed by atoms with Gasteiger partial charge in [-0.3, -0.25) is 0 Å². The van der Waals surface area contributed by atoms with E-state index < -0.39 is 0 Å². The quantitative estimate of drug-likeness (QED) is 0.803. The summed E-state index contributed by atoms with van der Waals surface area (Å²) in [7, 11) is 0. The van der Waals surface area contributed by atoms with Crippen LogP contribution < -0.4 is 4.90 Å². The van der Waals surface area contributed by atoms with Crippen molar-refractivity contribution < 1.29 is 0 Å². The molecule has 0 N–H and O–H groups in total. The van der Waals surface area contributed by atoms with Gasteiger partial charge in [0.15, 0.2) is 0 Å². The summed E-state index contributed by atoms with van der Waals surface area (Å²) in [4.78, 5) is 2.34. The Morgan fingerprint density at radius 2 is 2.00 bits per heavy atom. The van der Waals surface area contributed by atoms with Crippen LogP contribution >= 0.6 is 11.6 Å². The lowest BCUT2D eigenvalue weighted by atomic mass is 9.86. The average molecular weight is 263 g/mol. The zero-order valence-corrected chi connectivity index (χ0v) is 11.7. The highest BCUT2D eigenvalue weighted by atomic mass is 35.5. The molecule has 1 aliphatic rings. The van der Waals surface area contributed by atoms with E-state index in [1.165, 1.54) is 12.8 Å². The van der Waals surface area contributed by atoms with Crippen LogP contribution in [-0.2, 0) is 0 Å². The number of nitriles is 1. The highest BCUT2D eigenvalue weighted by molar-refractivity contribution is 6.33. The van der Waals surface area contributed by atoms with Crippen molar-refractivity contribution in [2.24, 2.45) is 11.8 Å². The third-order valence-corrected chi connectivity index (χ3v) is 4.20. The Kier molecular flexibility index (Phi) is 4.14. The van der Waals surface area contributed by atoms with Gasteiger partial charge in [0.05, 0.1) is 22.3 Å². The van der Waals surface area contributed by atoms with E-state index in [9.17, 15) is 0 Å². The molecule has 0 bridgehead atoms. The summed E-state index contributed by atoms with van der Waals surface area (Å²) in [5.41, 5.74) is 1.69. The SMILES string of the molecule is CC(C)C1CCN(c2ccc(C#N)cc2Cl)CC1. The Bertz CT molecular complexity index is 454. The predicted molar refractivity (Wildman–Crippen MR) is 75.9 cm³/mol. The van der Waals surface area contributed by atoms with Crippen molar-refractivity contribution in [1.29, 1.82) is 5.26 Å². The summed E-state index contributed by atoms with van der Waals surface area (Å²) in [6.45, 7) is 6.73. The van der Waals surface area contributed by atoms with Gasteiger partial charge in [0, 0.05) is 13.1 Å². The second-order valence-electron chi connectivity index (χ2n) is 5.35. The van der Waals surface area contributed by atoms with E-state index in [2.05, 4.69) is 24.8 Å². The molecule has 1 aromatic carbocycles. The first kappa shape index (κ1) is 13.2. The summed E-state index contributed by atoms with van der Waals surface area (Å²) in [6, 6.07) is 7.68. The second-order valence-corrected chi connectivity index (χ2v) is 5.75. The van der Waals surface area contributed by atoms with Gasteiger partial charge in [-0.05, 0) is 42.9 Å². The van der Waals surface area contributed by atoms with Gasteiger partial charge in [0.25, 0.3) is 0 Å². The van der Waals surface area contributed by atoms with Gasteiger partial charge in [0.2, 0.25) is 0 Å². The van der Waals surface area contributed by atoms with Gasteiger partial charge in [-0.1, -0.05) is 25.4 Å². The number of nitrogens with zero attached hydrogens (tertiary/aromatic N) is 2. The lowest BCUT2D eigenvalue weighted by Gasteiger charge is -2.35. The van der Waals surface area contributed by atoms with E-state index in [0.29, 0.717) is 10.6 Å². The van der Waals surface area contributed by atoms with E-state index in [1.807, 2.05) is 12.1 Å². The van der Waals surface area contributed by atoms with Gasteiger partial charge in [-0.2, -0.15) is 5.26 Å². The third kappa shape index (κ3) is 2.79. The molecule has 0 amide bonds. The summed E-state index contributed by atoms with van der Waals surface area (Å²) in [5.74, 6) is 1.60. The molecule has 3 heteroatoms. The van der Waals surface area contributed by atoms with Crippen LogP contribution in [0.3, 0.4) is 0 Å². The van der Waals surface area contributed by atoms with Crippen LogP contribution in [0.4, 0.5) is 5.69 Å². The van der Waals surface area contributed by atoms with Crippen LogP contribution in [-0.4, -0.2) is 13.1 Å². The molecule has 1 aromatic rings. The molecular formula is C15H19ClN2. The first-order valence-electron chi connectivity index (χ1n) is 6.56. The molecule has 0 unspecified atom stereocenters. The number of benzene rings is 1. The monoisotopic (exact) mass is 262 g/mol. The normalized spacial score (nSPS) is 16.9. The van der Waals surface area contributed by atoms with Crippen molar-refractivity contribution >= 4 is 17.3 Å². The van der Waals surface area contributed by atoms with Crippen molar-refractivity contribution in [3.05, 3.63) is 28.8 Å². The molecule has 2 nitrogen and oxygen atoms in total. The highest BCUT2D eigenvalue weighted by Crippen LogP contribution is 2.32. The number of hydrogen-bond donors (Lipinski definition) is 0. The molecule has 0 radical (unpaired) electrons. The molecule has 1 heterocycles. The minimum absolute atomic E-state index is 0.626. The second kappa shape index (κ2) is 5.63. The minimum Gasteiger partial charge on any atom is -0.370 e. The van der Waals surface area contributed by atoms with Crippen LogP contribution in [0.25, 0.3) is 0 Å². The average Bonchev–Trinajstić information content (AvgIpc) is 2.38. The summed E-state index contributed by atoms with van der Waals surface area (Å²) in [6.07, 6.45) is 2.46. The van der Waals surface area contributed by atoms with Crippen molar-refractivity contribution in [2.75, 3.05) is 18.0 Å². The van der Waals surface area contributed by atoms with Gasteiger partial charge in [-0.25, -0.2) is 0 Å².